The molecule has 9 heteroatoms. The monoisotopic (exact) mass is 421 g/mol. The van der Waals surface area contributed by atoms with E-state index >= 15 is 4.39 Å². The van der Waals surface area contributed by atoms with Crippen molar-refractivity contribution >= 4 is 23.6 Å². The minimum atomic E-state index is -0.735. The zero-order chi connectivity index (χ0) is 22.3. The molecular formula is C21H28FN3O5. The maximum absolute atomic E-state index is 15.2. The lowest BCUT2D eigenvalue weighted by Gasteiger charge is -2.49. The molecule has 2 fully saturated rings. The number of anilines is 1. The molecule has 3 rings (SSSR count). The van der Waals surface area contributed by atoms with E-state index < -0.39 is 34.9 Å². The second-order valence-corrected chi connectivity index (χ2v) is 9.07. The number of hydrogen-bond donors (Lipinski definition) is 2. The summed E-state index contributed by atoms with van der Waals surface area (Å²) in [5, 5.41) is 5.10. The number of carbonyl (C=O) groups excluding carboxylic acids is 3. The average molecular weight is 421 g/mol. The van der Waals surface area contributed by atoms with Gasteiger partial charge in [-0.15, -0.1) is 0 Å². The van der Waals surface area contributed by atoms with Crippen LogP contribution >= 0.6 is 0 Å². The molecule has 0 aromatic heterocycles. The number of benzene rings is 1. The van der Waals surface area contributed by atoms with Crippen molar-refractivity contribution in [3.05, 3.63) is 23.5 Å². The number of alkyl carbamates (subject to hydrolysis) is 1. The number of amides is 3. The number of rotatable bonds is 4. The first-order valence-electron chi connectivity index (χ1n) is 9.88. The summed E-state index contributed by atoms with van der Waals surface area (Å²) in [6.45, 7) is 8.15. The molecule has 0 aliphatic carbocycles. The van der Waals surface area contributed by atoms with Gasteiger partial charge in [-0.05, 0) is 40.2 Å². The Balaban J connectivity index is 1.74. The number of halogens is 1. The van der Waals surface area contributed by atoms with Gasteiger partial charge in [0.25, 0.3) is 0 Å². The van der Waals surface area contributed by atoms with Gasteiger partial charge in [-0.2, -0.15) is 0 Å². The highest BCUT2D eigenvalue weighted by Crippen LogP contribution is 2.40. The molecule has 0 spiro atoms. The smallest absolute Gasteiger partial charge is 0.408 e. The summed E-state index contributed by atoms with van der Waals surface area (Å²) < 4.78 is 25.8. The number of hydrogen-bond acceptors (Lipinski definition) is 6. The van der Waals surface area contributed by atoms with Crippen LogP contribution in [0.2, 0.25) is 0 Å². The van der Waals surface area contributed by atoms with Crippen LogP contribution < -0.4 is 20.3 Å². The number of methoxy groups -OCH3 is 1. The van der Waals surface area contributed by atoms with E-state index in [0.29, 0.717) is 18.8 Å². The molecule has 1 aromatic carbocycles. The number of piperidine rings is 1. The van der Waals surface area contributed by atoms with Crippen LogP contribution in [0.15, 0.2) is 12.1 Å². The number of nitrogens with zero attached hydrogens (tertiary/aromatic N) is 1. The van der Waals surface area contributed by atoms with Gasteiger partial charge in [-0.3, -0.25) is 14.9 Å². The van der Waals surface area contributed by atoms with Gasteiger partial charge in [-0.25, -0.2) is 9.18 Å². The van der Waals surface area contributed by atoms with Crippen LogP contribution in [0.4, 0.5) is 14.9 Å². The van der Waals surface area contributed by atoms with E-state index in [4.69, 9.17) is 9.47 Å². The van der Waals surface area contributed by atoms with Gasteiger partial charge in [0.05, 0.1) is 24.3 Å². The average Bonchev–Trinajstić information content (AvgIpc) is 2.58. The normalized spacial score (nSPS) is 20.9. The Morgan fingerprint density at radius 3 is 2.53 bits per heavy atom. The van der Waals surface area contributed by atoms with E-state index in [9.17, 15) is 14.4 Å². The van der Waals surface area contributed by atoms with Crippen molar-refractivity contribution in [3.8, 4) is 5.75 Å². The lowest BCUT2D eigenvalue weighted by molar-refractivity contribution is -0.134. The van der Waals surface area contributed by atoms with Crippen molar-refractivity contribution in [2.75, 3.05) is 25.1 Å². The summed E-state index contributed by atoms with van der Waals surface area (Å²) >= 11 is 0. The van der Waals surface area contributed by atoms with Crippen molar-refractivity contribution < 1.29 is 28.2 Å². The molecule has 0 radical (unpaired) electrons. The SMILES string of the molecule is COc1c(N2CC(C)(NC(=O)OC(C)(C)C)C2)ccc(C2CCC(=O)NC2=O)c1F. The van der Waals surface area contributed by atoms with Gasteiger partial charge in [-0.1, -0.05) is 6.07 Å². The Labute approximate surface area is 175 Å². The minimum absolute atomic E-state index is 0.0384. The van der Waals surface area contributed by atoms with Crippen molar-refractivity contribution in [2.45, 2.75) is 57.6 Å². The predicted molar refractivity (Wildman–Crippen MR) is 108 cm³/mol. The molecule has 2 aliphatic heterocycles. The molecule has 8 nitrogen and oxygen atoms in total. The van der Waals surface area contributed by atoms with Crippen LogP contribution in [0.5, 0.6) is 5.75 Å². The quantitative estimate of drug-likeness (QED) is 0.725. The van der Waals surface area contributed by atoms with Crippen molar-refractivity contribution in [1.29, 1.82) is 0 Å². The summed E-state index contributed by atoms with van der Waals surface area (Å²) in [7, 11) is 1.37. The van der Waals surface area contributed by atoms with Gasteiger partial charge in [0.15, 0.2) is 11.6 Å². The number of nitrogens with one attached hydrogen (secondary N) is 2. The molecule has 2 saturated heterocycles. The number of carbonyl (C=O) groups is 3. The summed E-state index contributed by atoms with van der Waals surface area (Å²) in [6, 6.07) is 3.26. The standard InChI is InChI=1S/C21H28FN3O5/c1-20(2,3)30-19(28)24-21(4)10-25(11-21)14-8-6-12(16(22)17(14)29-5)13-7-9-15(26)23-18(13)27/h6,8,13H,7,9-11H2,1-5H3,(H,24,28)(H,23,26,27). The zero-order valence-electron chi connectivity index (χ0n) is 17.9. The van der Waals surface area contributed by atoms with Crippen molar-refractivity contribution in [1.82, 2.24) is 10.6 Å². The van der Waals surface area contributed by atoms with Crippen LogP contribution in [0.1, 0.15) is 52.0 Å². The molecule has 0 bridgehead atoms. The van der Waals surface area contributed by atoms with Gasteiger partial charge in [0.1, 0.15) is 5.60 Å². The molecule has 2 aliphatic rings. The Morgan fingerprint density at radius 2 is 1.97 bits per heavy atom. The first kappa shape index (κ1) is 21.9. The summed E-state index contributed by atoms with van der Waals surface area (Å²) in [6.07, 6.45) is -0.0807. The first-order valence-corrected chi connectivity index (χ1v) is 9.88. The molecule has 3 amide bonds. The van der Waals surface area contributed by atoms with E-state index in [1.807, 2.05) is 11.8 Å². The van der Waals surface area contributed by atoms with E-state index in [1.165, 1.54) is 7.11 Å². The summed E-state index contributed by atoms with van der Waals surface area (Å²) in [5.74, 6) is -2.16. The van der Waals surface area contributed by atoms with Crippen LogP contribution in [0.3, 0.4) is 0 Å². The first-order chi connectivity index (χ1) is 13.9. The predicted octanol–water partition coefficient (Wildman–Crippen LogP) is 2.46. The van der Waals surface area contributed by atoms with Gasteiger partial charge in [0, 0.05) is 25.1 Å². The number of imide groups is 1. The zero-order valence-corrected chi connectivity index (χ0v) is 17.9. The highest BCUT2D eigenvalue weighted by molar-refractivity contribution is 6.01. The van der Waals surface area contributed by atoms with Crippen LogP contribution in [-0.4, -0.2) is 49.2 Å². The van der Waals surface area contributed by atoms with Gasteiger partial charge in [0.2, 0.25) is 11.8 Å². The number of ether oxygens (including phenoxy) is 2. The highest BCUT2D eigenvalue weighted by atomic mass is 19.1. The third-order valence-corrected chi connectivity index (χ3v) is 5.15. The van der Waals surface area contributed by atoms with E-state index in [2.05, 4.69) is 10.6 Å². The van der Waals surface area contributed by atoms with Gasteiger partial charge < -0.3 is 19.7 Å². The fraction of sp³-hybridized carbons (Fsp3) is 0.571. The van der Waals surface area contributed by atoms with E-state index in [1.54, 1.807) is 32.9 Å². The lowest BCUT2D eigenvalue weighted by Crippen LogP contribution is -2.69. The molecule has 1 atom stereocenters. The molecule has 2 N–H and O–H groups in total. The van der Waals surface area contributed by atoms with Crippen LogP contribution in [0, 0.1) is 5.82 Å². The Hall–Kier alpha value is -2.84. The maximum Gasteiger partial charge on any atom is 0.408 e. The van der Waals surface area contributed by atoms with Gasteiger partial charge >= 0.3 is 6.09 Å². The van der Waals surface area contributed by atoms with E-state index in [-0.39, 0.29) is 30.1 Å². The third-order valence-electron chi connectivity index (χ3n) is 5.15. The highest BCUT2D eigenvalue weighted by Gasteiger charge is 2.43. The lowest BCUT2D eigenvalue weighted by atomic mass is 9.88. The molecule has 164 valence electrons. The fourth-order valence-corrected chi connectivity index (χ4v) is 3.86. The second kappa shape index (κ2) is 7.77. The molecule has 30 heavy (non-hydrogen) atoms. The summed E-state index contributed by atoms with van der Waals surface area (Å²) in [5.41, 5.74) is -0.376. The summed E-state index contributed by atoms with van der Waals surface area (Å²) in [4.78, 5) is 37.4. The van der Waals surface area contributed by atoms with Crippen LogP contribution in [0.25, 0.3) is 0 Å². The second-order valence-electron chi connectivity index (χ2n) is 9.07. The minimum Gasteiger partial charge on any atom is -0.492 e. The third kappa shape index (κ3) is 4.49. The van der Waals surface area contributed by atoms with E-state index in [0.717, 1.165) is 0 Å². The molecule has 0 saturated carbocycles. The fourth-order valence-electron chi connectivity index (χ4n) is 3.86. The van der Waals surface area contributed by atoms with Crippen molar-refractivity contribution in [3.63, 3.8) is 0 Å². The molecule has 1 unspecified atom stereocenters. The Bertz CT molecular complexity index is 874. The van der Waals surface area contributed by atoms with Crippen molar-refractivity contribution in [2.24, 2.45) is 0 Å². The Morgan fingerprint density at radius 1 is 1.30 bits per heavy atom. The largest absolute Gasteiger partial charge is 0.492 e. The molecular weight excluding hydrogens is 393 g/mol. The van der Waals surface area contributed by atoms with Crippen LogP contribution in [-0.2, 0) is 14.3 Å². The Kier molecular flexibility index (Phi) is 5.66. The topological polar surface area (TPSA) is 97.0 Å². The molecule has 2 heterocycles. The maximum atomic E-state index is 15.2. The molecule has 1 aromatic rings.